The Balaban J connectivity index is 0.00000280. The number of nitrogens with zero attached hydrogens (tertiary/aromatic N) is 4. The predicted molar refractivity (Wildman–Crippen MR) is 144 cm³/mol. The SMILES string of the molecule is CC(C)c1ccnc(N2c3[c-]c(-c4ccc5nccc(O)c5n4)ccc3C(C)(C)c3ccccc32)c1.[Pt]. The molecule has 6 heteroatoms. The third-order valence-electron chi connectivity index (χ3n) is 7.14. The first kappa shape index (κ1) is 25.1. The van der Waals surface area contributed by atoms with E-state index in [1.54, 1.807) is 12.3 Å². The first-order valence-corrected chi connectivity index (χ1v) is 12.2. The summed E-state index contributed by atoms with van der Waals surface area (Å²) in [5.74, 6) is 1.37. The normalized spacial score (nSPS) is 13.7. The molecule has 2 aromatic carbocycles. The summed E-state index contributed by atoms with van der Waals surface area (Å²) in [6.45, 7) is 8.90. The first-order valence-electron chi connectivity index (χ1n) is 12.2. The van der Waals surface area contributed by atoms with E-state index in [1.807, 2.05) is 18.3 Å². The van der Waals surface area contributed by atoms with Gasteiger partial charge < -0.3 is 10.0 Å². The molecule has 0 spiro atoms. The molecule has 37 heavy (non-hydrogen) atoms. The standard InChI is InChI=1S/C31H27N4O.Pt/c1-19(2)20-13-15-33-29(18-20)35-26-8-6-5-7-22(26)31(3,4)23-10-9-21(17-27(23)35)24-11-12-25-30(34-24)28(36)14-16-32-25;/h5-16,18-19H,1-4H3,(H,32,36);/q-1;. The van der Waals surface area contributed by atoms with E-state index >= 15 is 0 Å². The minimum absolute atomic E-state index is 0. The van der Waals surface area contributed by atoms with Crippen LogP contribution in [-0.4, -0.2) is 20.1 Å². The number of pyridine rings is 3. The smallest absolute Gasteiger partial charge is 0.143 e. The van der Waals surface area contributed by atoms with Crippen LogP contribution in [0.15, 0.2) is 79.1 Å². The van der Waals surface area contributed by atoms with Crippen LogP contribution < -0.4 is 4.90 Å². The number of hydrogen-bond donors (Lipinski definition) is 1. The summed E-state index contributed by atoms with van der Waals surface area (Å²) in [5, 5.41) is 10.3. The van der Waals surface area contributed by atoms with E-state index in [1.165, 1.54) is 16.7 Å². The number of rotatable bonds is 3. The van der Waals surface area contributed by atoms with Crippen LogP contribution >= 0.6 is 0 Å². The molecule has 0 amide bonds. The second kappa shape index (κ2) is 9.39. The molecule has 0 radical (unpaired) electrons. The summed E-state index contributed by atoms with van der Waals surface area (Å²) in [6.07, 6.45) is 3.47. The zero-order valence-electron chi connectivity index (χ0n) is 21.1. The Morgan fingerprint density at radius 2 is 1.68 bits per heavy atom. The maximum atomic E-state index is 10.3. The van der Waals surface area contributed by atoms with Crippen molar-refractivity contribution < 1.29 is 26.2 Å². The van der Waals surface area contributed by atoms with Crippen LogP contribution in [0.3, 0.4) is 0 Å². The molecule has 5 nitrogen and oxygen atoms in total. The van der Waals surface area contributed by atoms with E-state index < -0.39 is 0 Å². The molecule has 6 rings (SSSR count). The molecular formula is C31H27N4OPt-. The van der Waals surface area contributed by atoms with Gasteiger partial charge in [-0.15, -0.1) is 23.8 Å². The molecule has 1 N–H and O–H groups in total. The molecule has 188 valence electrons. The Bertz CT molecular complexity index is 1630. The quantitative estimate of drug-likeness (QED) is 0.203. The molecular weight excluding hydrogens is 639 g/mol. The summed E-state index contributed by atoms with van der Waals surface area (Å²) in [5.41, 5.74) is 8.21. The van der Waals surface area contributed by atoms with Crippen LogP contribution in [0.5, 0.6) is 5.75 Å². The molecule has 0 aliphatic carbocycles. The molecule has 0 atom stereocenters. The molecule has 1 aliphatic rings. The third-order valence-corrected chi connectivity index (χ3v) is 7.14. The molecule has 0 unspecified atom stereocenters. The molecule has 5 aromatic rings. The van der Waals surface area contributed by atoms with Crippen molar-refractivity contribution in [1.82, 2.24) is 15.0 Å². The maximum absolute atomic E-state index is 10.3. The fourth-order valence-corrected chi connectivity index (χ4v) is 5.09. The summed E-state index contributed by atoms with van der Waals surface area (Å²) >= 11 is 0. The summed E-state index contributed by atoms with van der Waals surface area (Å²) in [7, 11) is 0. The Morgan fingerprint density at radius 3 is 2.49 bits per heavy atom. The molecule has 4 heterocycles. The summed E-state index contributed by atoms with van der Waals surface area (Å²) in [4.78, 5) is 16.1. The fourth-order valence-electron chi connectivity index (χ4n) is 5.09. The van der Waals surface area contributed by atoms with Gasteiger partial charge in [0.15, 0.2) is 0 Å². The number of aromatic nitrogens is 3. The predicted octanol–water partition coefficient (Wildman–Crippen LogP) is 7.43. The van der Waals surface area contributed by atoms with Gasteiger partial charge in [0.25, 0.3) is 0 Å². The van der Waals surface area contributed by atoms with E-state index in [9.17, 15) is 5.11 Å². The topological polar surface area (TPSA) is 62.1 Å². The van der Waals surface area contributed by atoms with Gasteiger partial charge in [-0.3, -0.25) is 9.97 Å². The average Bonchev–Trinajstić information content (AvgIpc) is 2.89. The van der Waals surface area contributed by atoms with E-state index in [-0.39, 0.29) is 32.2 Å². The number of aromatic hydroxyl groups is 1. The number of fused-ring (bicyclic) bond motifs is 3. The van der Waals surface area contributed by atoms with Crippen molar-refractivity contribution in [2.45, 2.75) is 39.0 Å². The van der Waals surface area contributed by atoms with E-state index in [0.717, 1.165) is 28.5 Å². The Morgan fingerprint density at radius 1 is 0.892 bits per heavy atom. The molecule has 0 saturated carbocycles. The van der Waals surface area contributed by atoms with Gasteiger partial charge >= 0.3 is 0 Å². The summed E-state index contributed by atoms with van der Waals surface area (Å²) in [6, 6.07) is 26.1. The van der Waals surface area contributed by atoms with E-state index in [4.69, 9.17) is 9.97 Å². The first-order chi connectivity index (χ1) is 17.3. The Labute approximate surface area is 231 Å². The zero-order valence-corrected chi connectivity index (χ0v) is 23.4. The van der Waals surface area contributed by atoms with Gasteiger partial charge in [-0.1, -0.05) is 57.5 Å². The van der Waals surface area contributed by atoms with Gasteiger partial charge in [0.2, 0.25) is 0 Å². The largest absolute Gasteiger partial charge is 0.506 e. The monoisotopic (exact) mass is 666 g/mol. The van der Waals surface area contributed by atoms with Gasteiger partial charge in [0.1, 0.15) is 17.1 Å². The second-order valence-electron chi connectivity index (χ2n) is 10.1. The van der Waals surface area contributed by atoms with Crippen molar-refractivity contribution >= 4 is 28.2 Å². The van der Waals surface area contributed by atoms with Crippen molar-refractivity contribution in [3.05, 3.63) is 102 Å². The Hall–Kier alpha value is -3.56. The van der Waals surface area contributed by atoms with Crippen molar-refractivity contribution in [2.24, 2.45) is 0 Å². The number of benzene rings is 2. The molecule has 1 aliphatic heterocycles. The van der Waals surface area contributed by atoms with Gasteiger partial charge in [-0.05, 0) is 58.1 Å². The number of anilines is 3. The van der Waals surface area contributed by atoms with Crippen LogP contribution in [-0.2, 0) is 26.5 Å². The van der Waals surface area contributed by atoms with Crippen molar-refractivity contribution in [2.75, 3.05) is 4.90 Å². The molecule has 3 aromatic heterocycles. The van der Waals surface area contributed by atoms with Crippen LogP contribution in [0.1, 0.15) is 50.3 Å². The molecule has 0 saturated heterocycles. The van der Waals surface area contributed by atoms with Gasteiger partial charge in [-0.2, -0.15) is 0 Å². The zero-order chi connectivity index (χ0) is 25.0. The van der Waals surface area contributed by atoms with Crippen LogP contribution in [0.2, 0.25) is 0 Å². The fraction of sp³-hybridized carbons (Fsp3) is 0.194. The minimum atomic E-state index is -0.216. The van der Waals surface area contributed by atoms with Gasteiger partial charge in [-0.25, -0.2) is 4.98 Å². The second-order valence-corrected chi connectivity index (χ2v) is 10.1. The summed E-state index contributed by atoms with van der Waals surface area (Å²) < 4.78 is 0. The van der Waals surface area contributed by atoms with Gasteiger partial charge in [0.05, 0.1) is 5.52 Å². The van der Waals surface area contributed by atoms with Crippen molar-refractivity contribution in [3.8, 4) is 17.0 Å². The van der Waals surface area contributed by atoms with E-state index in [0.29, 0.717) is 17.0 Å². The van der Waals surface area contributed by atoms with Crippen LogP contribution in [0, 0.1) is 6.07 Å². The van der Waals surface area contributed by atoms with Gasteiger partial charge in [0, 0.05) is 45.2 Å². The average molecular weight is 667 g/mol. The maximum Gasteiger partial charge on any atom is 0.143 e. The van der Waals surface area contributed by atoms with Crippen LogP contribution in [0.4, 0.5) is 17.2 Å². The Kier molecular flexibility index (Phi) is 6.37. The number of para-hydroxylation sites is 1. The van der Waals surface area contributed by atoms with Crippen molar-refractivity contribution in [1.29, 1.82) is 0 Å². The molecule has 0 fully saturated rings. The third kappa shape index (κ3) is 4.12. The van der Waals surface area contributed by atoms with Crippen LogP contribution in [0.25, 0.3) is 22.3 Å². The van der Waals surface area contributed by atoms with Crippen molar-refractivity contribution in [3.63, 3.8) is 0 Å². The number of hydrogen-bond acceptors (Lipinski definition) is 5. The molecule has 0 bridgehead atoms. The van der Waals surface area contributed by atoms with E-state index in [2.05, 4.69) is 92.2 Å². The minimum Gasteiger partial charge on any atom is -0.506 e.